The van der Waals surface area contributed by atoms with Gasteiger partial charge in [0, 0.05) is 18.8 Å². The van der Waals surface area contributed by atoms with E-state index in [0.717, 1.165) is 25.1 Å². The van der Waals surface area contributed by atoms with Gasteiger partial charge in [-0.25, -0.2) is 4.39 Å². The Hall–Kier alpha value is -1.60. The van der Waals surface area contributed by atoms with Crippen molar-refractivity contribution in [2.24, 2.45) is 0 Å². The molecule has 0 aromatic heterocycles. The Labute approximate surface area is 106 Å². The average molecular weight is 248 g/mol. The average Bonchev–Trinajstić information content (AvgIpc) is 2.49. The van der Waals surface area contributed by atoms with Gasteiger partial charge in [-0.1, -0.05) is 0 Å². The number of hydrogen-bond acceptors (Lipinski definition) is 3. The van der Waals surface area contributed by atoms with E-state index in [9.17, 15) is 9.50 Å². The highest BCUT2D eigenvalue weighted by atomic mass is 19.1. The van der Waals surface area contributed by atoms with Crippen LogP contribution in [0.4, 0.5) is 10.1 Å². The maximum atomic E-state index is 13.4. The van der Waals surface area contributed by atoms with Crippen molar-refractivity contribution in [1.29, 1.82) is 5.26 Å². The molecule has 1 heterocycles. The van der Waals surface area contributed by atoms with Crippen LogP contribution in [0.1, 0.15) is 31.7 Å². The van der Waals surface area contributed by atoms with Crippen LogP contribution in [0.3, 0.4) is 0 Å². The van der Waals surface area contributed by atoms with Crippen LogP contribution in [-0.2, 0) is 0 Å². The normalized spacial score (nSPS) is 24.4. The molecule has 3 nitrogen and oxygen atoms in total. The summed E-state index contributed by atoms with van der Waals surface area (Å²) in [5.74, 6) is -0.389. The first-order chi connectivity index (χ1) is 8.50. The smallest absolute Gasteiger partial charge is 0.126 e. The molecule has 0 saturated carbocycles. The van der Waals surface area contributed by atoms with Crippen LogP contribution in [0.25, 0.3) is 0 Å². The number of aliphatic hydroxyl groups is 1. The van der Waals surface area contributed by atoms with Crippen LogP contribution >= 0.6 is 0 Å². The van der Waals surface area contributed by atoms with E-state index < -0.39 is 5.60 Å². The second-order valence-electron chi connectivity index (χ2n) is 5.15. The topological polar surface area (TPSA) is 47.3 Å². The van der Waals surface area contributed by atoms with Gasteiger partial charge in [-0.15, -0.1) is 0 Å². The summed E-state index contributed by atoms with van der Waals surface area (Å²) in [6, 6.07) is 6.34. The number of anilines is 1. The minimum absolute atomic E-state index is 0.334. The molecular weight excluding hydrogens is 231 g/mol. The molecule has 1 N–H and O–H groups in total. The van der Waals surface area contributed by atoms with E-state index in [1.54, 1.807) is 6.07 Å². The Morgan fingerprint density at radius 3 is 2.83 bits per heavy atom. The van der Waals surface area contributed by atoms with Gasteiger partial charge in [-0.3, -0.25) is 0 Å². The van der Waals surface area contributed by atoms with Gasteiger partial charge in [-0.05, 0) is 44.4 Å². The van der Waals surface area contributed by atoms with Gasteiger partial charge in [0.05, 0.1) is 17.2 Å². The fourth-order valence-electron chi connectivity index (χ4n) is 2.34. The van der Waals surface area contributed by atoms with Crippen molar-refractivity contribution in [1.82, 2.24) is 0 Å². The van der Waals surface area contributed by atoms with Crippen molar-refractivity contribution in [2.75, 3.05) is 18.0 Å². The molecular formula is C14H17FN2O. The summed E-state index contributed by atoms with van der Waals surface area (Å²) in [5.41, 5.74) is 0.422. The van der Waals surface area contributed by atoms with Gasteiger partial charge >= 0.3 is 0 Å². The summed E-state index contributed by atoms with van der Waals surface area (Å²) in [6.45, 7) is 3.30. The lowest BCUT2D eigenvalue weighted by Gasteiger charge is -2.24. The van der Waals surface area contributed by atoms with E-state index in [1.165, 1.54) is 12.1 Å². The third-order valence-electron chi connectivity index (χ3n) is 3.44. The number of rotatable bonds is 1. The van der Waals surface area contributed by atoms with Crippen molar-refractivity contribution in [3.63, 3.8) is 0 Å². The van der Waals surface area contributed by atoms with Gasteiger partial charge < -0.3 is 10.0 Å². The SMILES string of the molecule is CC1(O)CCCN(c2cc(F)cc(C#N)c2)CC1. The number of nitrogens with zero attached hydrogens (tertiary/aromatic N) is 2. The highest BCUT2D eigenvalue weighted by Crippen LogP contribution is 2.26. The maximum Gasteiger partial charge on any atom is 0.126 e. The standard InChI is InChI=1S/C14H17FN2O/c1-14(18)3-2-5-17(6-4-14)13-8-11(10-16)7-12(15)9-13/h7-9,18H,2-6H2,1H3. The molecule has 1 aliphatic rings. The highest BCUT2D eigenvalue weighted by molar-refractivity contribution is 5.52. The molecule has 0 bridgehead atoms. The third-order valence-corrected chi connectivity index (χ3v) is 3.44. The Morgan fingerprint density at radius 1 is 1.33 bits per heavy atom. The summed E-state index contributed by atoms with van der Waals surface area (Å²) in [5, 5.41) is 18.9. The molecule has 96 valence electrons. The predicted octanol–water partition coefficient (Wildman–Crippen LogP) is 2.44. The van der Waals surface area contributed by atoms with E-state index in [1.807, 2.05) is 17.9 Å². The monoisotopic (exact) mass is 248 g/mol. The summed E-state index contributed by atoms with van der Waals surface area (Å²) in [6.07, 6.45) is 2.28. The van der Waals surface area contributed by atoms with Gasteiger partial charge in [0.2, 0.25) is 0 Å². The van der Waals surface area contributed by atoms with Crippen LogP contribution in [0.15, 0.2) is 18.2 Å². The predicted molar refractivity (Wildman–Crippen MR) is 67.8 cm³/mol. The number of halogens is 1. The molecule has 1 fully saturated rings. The highest BCUT2D eigenvalue weighted by Gasteiger charge is 2.25. The first kappa shape index (κ1) is 12.8. The minimum Gasteiger partial charge on any atom is -0.390 e. The lowest BCUT2D eigenvalue weighted by Crippen LogP contribution is -2.28. The maximum absolute atomic E-state index is 13.4. The largest absolute Gasteiger partial charge is 0.390 e. The zero-order chi connectivity index (χ0) is 13.2. The second-order valence-corrected chi connectivity index (χ2v) is 5.15. The Kier molecular flexibility index (Phi) is 3.53. The number of nitriles is 1. The lowest BCUT2D eigenvalue weighted by atomic mass is 9.98. The van der Waals surface area contributed by atoms with Crippen molar-refractivity contribution < 1.29 is 9.50 Å². The van der Waals surface area contributed by atoms with Gasteiger partial charge in [0.1, 0.15) is 5.82 Å². The summed E-state index contributed by atoms with van der Waals surface area (Å²) < 4.78 is 13.4. The fraction of sp³-hybridized carbons (Fsp3) is 0.500. The molecule has 1 saturated heterocycles. The molecule has 1 aromatic carbocycles. The van der Waals surface area contributed by atoms with Crippen molar-refractivity contribution in [2.45, 2.75) is 31.8 Å². The second kappa shape index (κ2) is 4.95. The molecule has 1 aromatic rings. The quantitative estimate of drug-likeness (QED) is 0.830. The Balaban J connectivity index is 2.21. The summed E-state index contributed by atoms with van der Waals surface area (Å²) in [4.78, 5) is 2.03. The van der Waals surface area contributed by atoms with Crippen LogP contribution in [0.2, 0.25) is 0 Å². The molecule has 0 spiro atoms. The van der Waals surface area contributed by atoms with Crippen molar-refractivity contribution >= 4 is 5.69 Å². The van der Waals surface area contributed by atoms with E-state index in [2.05, 4.69) is 0 Å². The number of hydrogen-bond donors (Lipinski definition) is 1. The van der Waals surface area contributed by atoms with Gasteiger partial charge in [-0.2, -0.15) is 5.26 Å². The van der Waals surface area contributed by atoms with Crippen molar-refractivity contribution in [3.05, 3.63) is 29.6 Å². The van der Waals surface area contributed by atoms with Crippen LogP contribution in [-0.4, -0.2) is 23.8 Å². The molecule has 1 unspecified atom stereocenters. The van der Waals surface area contributed by atoms with Crippen molar-refractivity contribution in [3.8, 4) is 6.07 Å². The molecule has 2 rings (SSSR count). The molecule has 1 aliphatic heterocycles. The summed E-state index contributed by atoms with van der Waals surface area (Å²) in [7, 11) is 0. The lowest BCUT2D eigenvalue weighted by molar-refractivity contribution is 0.0481. The van der Waals surface area contributed by atoms with Crippen LogP contribution in [0, 0.1) is 17.1 Å². The first-order valence-corrected chi connectivity index (χ1v) is 6.18. The van der Waals surface area contributed by atoms with Crippen LogP contribution < -0.4 is 4.90 Å². The van der Waals surface area contributed by atoms with Gasteiger partial charge in [0.15, 0.2) is 0 Å². The molecule has 0 radical (unpaired) electrons. The Morgan fingerprint density at radius 2 is 2.11 bits per heavy atom. The molecule has 4 heteroatoms. The van der Waals surface area contributed by atoms with Crippen LogP contribution in [0.5, 0.6) is 0 Å². The Bertz CT molecular complexity index is 479. The zero-order valence-electron chi connectivity index (χ0n) is 10.5. The summed E-state index contributed by atoms with van der Waals surface area (Å²) >= 11 is 0. The van der Waals surface area contributed by atoms with Gasteiger partial charge in [0.25, 0.3) is 0 Å². The molecule has 18 heavy (non-hydrogen) atoms. The molecule has 0 amide bonds. The van der Waals surface area contributed by atoms with E-state index in [0.29, 0.717) is 18.5 Å². The third kappa shape index (κ3) is 2.99. The van der Waals surface area contributed by atoms with E-state index >= 15 is 0 Å². The van der Waals surface area contributed by atoms with E-state index in [-0.39, 0.29) is 5.82 Å². The fourth-order valence-corrected chi connectivity index (χ4v) is 2.34. The molecule has 1 atom stereocenters. The first-order valence-electron chi connectivity index (χ1n) is 6.18. The zero-order valence-corrected chi connectivity index (χ0v) is 10.5. The molecule has 0 aliphatic carbocycles. The minimum atomic E-state index is -0.639. The van der Waals surface area contributed by atoms with E-state index in [4.69, 9.17) is 5.26 Å². The number of benzene rings is 1.